The van der Waals surface area contributed by atoms with Crippen LogP contribution < -0.4 is 5.32 Å². The molecule has 1 atom stereocenters. The molecule has 1 aromatic heterocycles. The van der Waals surface area contributed by atoms with E-state index in [1.54, 1.807) is 0 Å². The second-order valence-electron chi connectivity index (χ2n) is 6.24. The molecule has 0 saturated carbocycles. The van der Waals surface area contributed by atoms with Crippen molar-refractivity contribution in [1.82, 2.24) is 14.9 Å². The average molecular weight is 297 g/mol. The molecule has 3 rings (SSSR count). The van der Waals surface area contributed by atoms with Crippen molar-refractivity contribution in [1.29, 1.82) is 0 Å². The number of benzene rings is 1. The van der Waals surface area contributed by atoms with E-state index in [0.29, 0.717) is 6.42 Å². The first-order chi connectivity index (χ1) is 10.6. The van der Waals surface area contributed by atoms with Gasteiger partial charge in [-0.05, 0) is 32.3 Å². The fraction of sp³-hybridized carbons (Fsp3) is 0.444. The van der Waals surface area contributed by atoms with Crippen LogP contribution in [0.4, 0.5) is 0 Å². The topological polar surface area (TPSA) is 46.9 Å². The summed E-state index contributed by atoms with van der Waals surface area (Å²) >= 11 is 0. The summed E-state index contributed by atoms with van der Waals surface area (Å²) in [5, 5.41) is 3.16. The Hall–Kier alpha value is -2.10. The molecule has 0 saturated heterocycles. The van der Waals surface area contributed by atoms with Gasteiger partial charge in [0.25, 0.3) is 0 Å². The minimum absolute atomic E-state index is 0.144. The first kappa shape index (κ1) is 14.8. The van der Waals surface area contributed by atoms with Crippen molar-refractivity contribution < 1.29 is 4.79 Å². The third kappa shape index (κ3) is 3.56. The number of nitrogens with one attached hydrogen (secondary N) is 1. The lowest BCUT2D eigenvalue weighted by Gasteiger charge is -2.24. The summed E-state index contributed by atoms with van der Waals surface area (Å²) in [7, 11) is 0. The fourth-order valence-corrected chi connectivity index (χ4v) is 3.02. The van der Waals surface area contributed by atoms with E-state index in [1.165, 1.54) is 11.1 Å². The maximum Gasteiger partial charge on any atom is 0.220 e. The van der Waals surface area contributed by atoms with Crippen LogP contribution in [0.3, 0.4) is 0 Å². The molecule has 1 aromatic carbocycles. The summed E-state index contributed by atoms with van der Waals surface area (Å²) in [6, 6.07) is 8.62. The van der Waals surface area contributed by atoms with Crippen molar-refractivity contribution in [2.75, 3.05) is 0 Å². The van der Waals surface area contributed by atoms with Crippen LogP contribution in [0.5, 0.6) is 0 Å². The SMILES string of the molecule is Cc1ccc(CCC(=O)N[C@@H]2CCc3nc(C)cn3C2)cc1. The molecule has 1 aliphatic rings. The van der Waals surface area contributed by atoms with Gasteiger partial charge < -0.3 is 9.88 Å². The summed E-state index contributed by atoms with van der Waals surface area (Å²) in [4.78, 5) is 16.6. The van der Waals surface area contributed by atoms with Crippen molar-refractivity contribution in [3.63, 3.8) is 0 Å². The van der Waals surface area contributed by atoms with Gasteiger partial charge in [0.2, 0.25) is 5.91 Å². The lowest BCUT2D eigenvalue weighted by atomic mass is 10.1. The van der Waals surface area contributed by atoms with Crippen LogP contribution in [0.15, 0.2) is 30.5 Å². The van der Waals surface area contributed by atoms with Gasteiger partial charge >= 0.3 is 0 Å². The van der Waals surface area contributed by atoms with Gasteiger partial charge in [-0.3, -0.25) is 4.79 Å². The highest BCUT2D eigenvalue weighted by molar-refractivity contribution is 5.76. The van der Waals surface area contributed by atoms with E-state index in [-0.39, 0.29) is 11.9 Å². The molecule has 1 aliphatic heterocycles. The van der Waals surface area contributed by atoms with Gasteiger partial charge in [-0.15, -0.1) is 0 Å². The maximum atomic E-state index is 12.1. The third-order valence-corrected chi connectivity index (χ3v) is 4.24. The van der Waals surface area contributed by atoms with Gasteiger partial charge in [0, 0.05) is 31.6 Å². The van der Waals surface area contributed by atoms with E-state index < -0.39 is 0 Å². The Bertz CT molecular complexity index is 657. The smallest absolute Gasteiger partial charge is 0.220 e. The second kappa shape index (κ2) is 6.34. The molecular weight excluding hydrogens is 274 g/mol. The normalized spacial score (nSPS) is 17.1. The number of aromatic nitrogens is 2. The highest BCUT2D eigenvalue weighted by Crippen LogP contribution is 2.15. The minimum atomic E-state index is 0.144. The molecule has 116 valence electrons. The lowest BCUT2D eigenvalue weighted by molar-refractivity contribution is -0.122. The third-order valence-electron chi connectivity index (χ3n) is 4.24. The number of fused-ring (bicyclic) bond motifs is 1. The van der Waals surface area contributed by atoms with Crippen molar-refractivity contribution in [3.05, 3.63) is 53.1 Å². The highest BCUT2D eigenvalue weighted by atomic mass is 16.1. The Morgan fingerprint density at radius 3 is 2.86 bits per heavy atom. The molecule has 1 N–H and O–H groups in total. The van der Waals surface area contributed by atoms with E-state index in [9.17, 15) is 4.79 Å². The maximum absolute atomic E-state index is 12.1. The predicted octanol–water partition coefficient (Wildman–Crippen LogP) is 2.56. The number of hydrogen-bond acceptors (Lipinski definition) is 2. The molecule has 0 fully saturated rings. The summed E-state index contributed by atoms with van der Waals surface area (Å²) in [5.41, 5.74) is 3.53. The van der Waals surface area contributed by atoms with Gasteiger partial charge in [-0.1, -0.05) is 29.8 Å². The Kier molecular flexibility index (Phi) is 4.27. The molecular formula is C18H23N3O. The molecule has 0 bridgehead atoms. The Labute approximate surface area is 131 Å². The van der Waals surface area contributed by atoms with E-state index >= 15 is 0 Å². The molecule has 0 spiro atoms. The molecule has 0 unspecified atom stereocenters. The monoisotopic (exact) mass is 297 g/mol. The Morgan fingerprint density at radius 1 is 1.32 bits per heavy atom. The molecule has 2 heterocycles. The molecule has 4 heteroatoms. The first-order valence-corrected chi connectivity index (χ1v) is 7.98. The van der Waals surface area contributed by atoms with E-state index in [1.807, 2.05) is 6.92 Å². The van der Waals surface area contributed by atoms with Crippen LogP contribution in [-0.4, -0.2) is 21.5 Å². The zero-order valence-electron chi connectivity index (χ0n) is 13.3. The molecule has 4 nitrogen and oxygen atoms in total. The van der Waals surface area contributed by atoms with Crippen LogP contribution in [0.2, 0.25) is 0 Å². The summed E-state index contributed by atoms with van der Waals surface area (Å²) in [6.45, 7) is 4.93. The number of aryl methyl sites for hydroxylation is 4. The number of carbonyl (C=O) groups is 1. The zero-order valence-corrected chi connectivity index (χ0v) is 13.3. The molecule has 22 heavy (non-hydrogen) atoms. The summed E-state index contributed by atoms with van der Waals surface area (Å²) in [5.74, 6) is 1.29. The van der Waals surface area contributed by atoms with Crippen LogP contribution >= 0.6 is 0 Å². The second-order valence-corrected chi connectivity index (χ2v) is 6.24. The number of amides is 1. The van der Waals surface area contributed by atoms with Crippen LogP contribution in [0.25, 0.3) is 0 Å². The van der Waals surface area contributed by atoms with Gasteiger partial charge in [0.1, 0.15) is 5.82 Å². The number of hydrogen-bond donors (Lipinski definition) is 1. The summed E-state index contributed by atoms with van der Waals surface area (Å²) in [6.07, 6.45) is 5.34. The average Bonchev–Trinajstić information content (AvgIpc) is 2.86. The standard InChI is InChI=1S/C18H23N3O/c1-13-3-5-15(6-4-13)7-10-18(22)20-16-8-9-17-19-14(2)11-21(17)12-16/h3-6,11,16H,7-10,12H2,1-2H3,(H,20,22)/t16-/m1/s1. The number of rotatable bonds is 4. The van der Waals surface area contributed by atoms with Crippen molar-refractivity contribution in [2.24, 2.45) is 0 Å². The van der Waals surface area contributed by atoms with Crippen molar-refractivity contribution in [2.45, 2.75) is 52.1 Å². The minimum Gasteiger partial charge on any atom is -0.352 e. The number of nitrogens with zero attached hydrogens (tertiary/aromatic N) is 2. The Morgan fingerprint density at radius 2 is 2.09 bits per heavy atom. The van der Waals surface area contributed by atoms with Crippen LogP contribution in [0, 0.1) is 13.8 Å². The number of imidazole rings is 1. The number of carbonyl (C=O) groups excluding carboxylic acids is 1. The van der Waals surface area contributed by atoms with Gasteiger partial charge in [-0.2, -0.15) is 0 Å². The zero-order chi connectivity index (χ0) is 15.5. The van der Waals surface area contributed by atoms with Gasteiger partial charge in [0.05, 0.1) is 5.69 Å². The van der Waals surface area contributed by atoms with Crippen molar-refractivity contribution >= 4 is 5.91 Å². The molecule has 0 radical (unpaired) electrons. The van der Waals surface area contributed by atoms with Crippen LogP contribution in [-0.2, 0) is 24.2 Å². The van der Waals surface area contributed by atoms with Crippen LogP contribution in [0.1, 0.15) is 35.5 Å². The van der Waals surface area contributed by atoms with E-state index in [2.05, 4.69) is 52.3 Å². The first-order valence-electron chi connectivity index (χ1n) is 7.98. The summed E-state index contributed by atoms with van der Waals surface area (Å²) < 4.78 is 2.17. The lowest BCUT2D eigenvalue weighted by Crippen LogP contribution is -2.40. The van der Waals surface area contributed by atoms with Gasteiger partial charge in [0.15, 0.2) is 0 Å². The fourth-order valence-electron chi connectivity index (χ4n) is 3.02. The molecule has 0 aliphatic carbocycles. The van der Waals surface area contributed by atoms with Crippen molar-refractivity contribution in [3.8, 4) is 0 Å². The van der Waals surface area contributed by atoms with E-state index in [4.69, 9.17) is 0 Å². The molecule has 2 aromatic rings. The predicted molar refractivity (Wildman–Crippen MR) is 86.7 cm³/mol. The van der Waals surface area contributed by atoms with Gasteiger partial charge in [-0.25, -0.2) is 4.98 Å². The Balaban J connectivity index is 1.49. The molecule has 1 amide bonds. The quantitative estimate of drug-likeness (QED) is 0.943. The van der Waals surface area contributed by atoms with E-state index in [0.717, 1.165) is 37.3 Å². The highest BCUT2D eigenvalue weighted by Gasteiger charge is 2.20. The largest absolute Gasteiger partial charge is 0.352 e.